The van der Waals surface area contributed by atoms with Crippen molar-refractivity contribution in [2.75, 3.05) is 13.1 Å². The van der Waals surface area contributed by atoms with Crippen LogP contribution in [0.5, 0.6) is 0 Å². The molecule has 3 aliphatic rings. The van der Waals surface area contributed by atoms with Crippen LogP contribution in [0.25, 0.3) is 0 Å². The summed E-state index contributed by atoms with van der Waals surface area (Å²) in [7, 11) is 0. The number of ether oxygens (including phenoxy) is 1. The smallest absolute Gasteiger partial charge is 0.310 e. The molecule has 0 amide bonds. The van der Waals surface area contributed by atoms with Crippen LogP contribution in [-0.2, 0) is 16.0 Å². The second-order valence-corrected chi connectivity index (χ2v) is 8.43. The lowest BCUT2D eigenvalue weighted by atomic mass is 9.55. The first-order valence-electron chi connectivity index (χ1n) is 9.63. The van der Waals surface area contributed by atoms with Gasteiger partial charge in [0.15, 0.2) is 0 Å². The number of aromatic nitrogens is 2. The summed E-state index contributed by atoms with van der Waals surface area (Å²) < 4.78 is 5.81. The molecule has 1 saturated heterocycles. The van der Waals surface area contributed by atoms with Crippen molar-refractivity contribution in [1.82, 2.24) is 15.3 Å². The van der Waals surface area contributed by atoms with Crippen LogP contribution >= 0.6 is 0 Å². The minimum absolute atomic E-state index is 0.00287. The molecule has 0 spiro atoms. The number of esters is 1. The van der Waals surface area contributed by atoms with Crippen molar-refractivity contribution in [2.45, 2.75) is 51.6 Å². The van der Waals surface area contributed by atoms with Gasteiger partial charge in [0, 0.05) is 37.3 Å². The Morgan fingerprint density at radius 3 is 3.20 bits per heavy atom. The van der Waals surface area contributed by atoms with Gasteiger partial charge in [-0.15, -0.1) is 0 Å². The molecule has 1 aromatic rings. The highest BCUT2D eigenvalue weighted by molar-refractivity contribution is 5.75. The second-order valence-electron chi connectivity index (χ2n) is 8.43. The van der Waals surface area contributed by atoms with Crippen LogP contribution in [0.3, 0.4) is 0 Å². The van der Waals surface area contributed by atoms with E-state index in [-0.39, 0.29) is 23.4 Å². The van der Waals surface area contributed by atoms with Crippen molar-refractivity contribution in [2.24, 2.45) is 23.2 Å². The number of carbonyl (C=O) groups excluding carboxylic acids is 1. The number of nitrogens with one attached hydrogen (secondary N) is 2. The number of carbonyl (C=O) groups is 1. The molecule has 5 nitrogen and oxygen atoms in total. The fraction of sp³-hybridized carbons (Fsp3) is 0.700. The summed E-state index contributed by atoms with van der Waals surface area (Å²) in [5.74, 6) is 0.896. The zero-order chi connectivity index (χ0) is 17.4. The van der Waals surface area contributed by atoms with Crippen molar-refractivity contribution in [3.8, 4) is 0 Å². The SMILES string of the molecule is C=C1CCC[C@]2(C)C[C@H]3OC(=O)C(CNCCc4cnc[nH]4)[C@H]3CC12. The van der Waals surface area contributed by atoms with Crippen LogP contribution in [0.15, 0.2) is 24.7 Å². The van der Waals surface area contributed by atoms with E-state index in [9.17, 15) is 4.79 Å². The summed E-state index contributed by atoms with van der Waals surface area (Å²) >= 11 is 0. The zero-order valence-electron chi connectivity index (χ0n) is 15.1. The number of allylic oxidation sites excluding steroid dienone is 1. The Morgan fingerprint density at radius 2 is 2.40 bits per heavy atom. The predicted molar refractivity (Wildman–Crippen MR) is 95.8 cm³/mol. The average molecular weight is 343 g/mol. The van der Waals surface area contributed by atoms with E-state index in [1.165, 1.54) is 18.4 Å². The van der Waals surface area contributed by atoms with Gasteiger partial charge in [-0.25, -0.2) is 4.98 Å². The number of nitrogens with zero attached hydrogens (tertiary/aromatic N) is 1. The molecule has 25 heavy (non-hydrogen) atoms. The van der Waals surface area contributed by atoms with Crippen molar-refractivity contribution < 1.29 is 9.53 Å². The van der Waals surface area contributed by atoms with Gasteiger partial charge in [-0.3, -0.25) is 4.79 Å². The molecule has 136 valence electrons. The highest BCUT2D eigenvalue weighted by atomic mass is 16.6. The second kappa shape index (κ2) is 6.60. The number of aromatic amines is 1. The lowest BCUT2D eigenvalue weighted by molar-refractivity contribution is -0.146. The largest absolute Gasteiger partial charge is 0.462 e. The predicted octanol–water partition coefficient (Wildman–Crippen LogP) is 2.86. The highest BCUT2D eigenvalue weighted by Gasteiger charge is 2.54. The fourth-order valence-corrected chi connectivity index (χ4v) is 5.39. The van der Waals surface area contributed by atoms with Crippen LogP contribution in [0, 0.1) is 23.2 Å². The quantitative estimate of drug-likeness (QED) is 0.490. The first kappa shape index (κ1) is 16.8. The lowest BCUT2D eigenvalue weighted by Crippen LogP contribution is -2.45. The summed E-state index contributed by atoms with van der Waals surface area (Å²) in [6.07, 6.45) is 10.3. The maximum Gasteiger partial charge on any atom is 0.310 e. The molecule has 1 aliphatic heterocycles. The number of H-pyrrole nitrogens is 1. The molecule has 2 aliphatic carbocycles. The Kier molecular flexibility index (Phi) is 4.44. The van der Waals surface area contributed by atoms with Gasteiger partial charge in [0.1, 0.15) is 6.10 Å². The van der Waals surface area contributed by atoms with Crippen LogP contribution in [-0.4, -0.2) is 35.1 Å². The minimum Gasteiger partial charge on any atom is -0.462 e. The van der Waals surface area contributed by atoms with Gasteiger partial charge in [0.05, 0.1) is 12.2 Å². The minimum atomic E-state index is -0.00829. The number of rotatable bonds is 5. The van der Waals surface area contributed by atoms with Crippen molar-refractivity contribution >= 4 is 5.97 Å². The first-order chi connectivity index (χ1) is 12.1. The maximum atomic E-state index is 12.5. The van der Waals surface area contributed by atoms with Crippen molar-refractivity contribution in [1.29, 1.82) is 0 Å². The van der Waals surface area contributed by atoms with Gasteiger partial charge in [0.2, 0.25) is 0 Å². The van der Waals surface area contributed by atoms with Gasteiger partial charge in [-0.05, 0) is 43.4 Å². The highest BCUT2D eigenvalue weighted by Crippen LogP contribution is 2.56. The normalized spacial score (nSPS) is 37.5. The van der Waals surface area contributed by atoms with Gasteiger partial charge in [-0.1, -0.05) is 19.1 Å². The Balaban J connectivity index is 1.37. The van der Waals surface area contributed by atoms with Crippen LogP contribution in [0.1, 0.15) is 44.7 Å². The standard InChI is InChI=1S/C20H29N3O2/c1-13-4-3-6-20(2)9-18-15(8-17(13)20)16(19(24)25-18)11-21-7-5-14-10-22-12-23-14/h10,12,15-18,21H,1,3-9,11H2,2H3,(H,22,23)/t15-,16?,17?,18-,20-/m1/s1. The summed E-state index contributed by atoms with van der Waals surface area (Å²) in [5, 5.41) is 3.45. The van der Waals surface area contributed by atoms with E-state index in [1.807, 2.05) is 6.20 Å². The van der Waals surface area contributed by atoms with Crippen molar-refractivity contribution in [3.63, 3.8) is 0 Å². The number of fused-ring (bicyclic) bond motifs is 2. The Hall–Kier alpha value is -1.62. The number of hydrogen-bond donors (Lipinski definition) is 2. The molecule has 2 heterocycles. The molecule has 5 atom stereocenters. The Labute approximate surface area is 149 Å². The van der Waals surface area contributed by atoms with Crippen LogP contribution in [0.2, 0.25) is 0 Å². The van der Waals surface area contributed by atoms with Gasteiger partial charge in [-0.2, -0.15) is 0 Å². The monoisotopic (exact) mass is 343 g/mol. The number of hydrogen-bond acceptors (Lipinski definition) is 4. The third kappa shape index (κ3) is 3.14. The van der Waals surface area contributed by atoms with E-state index in [0.717, 1.165) is 37.9 Å². The van der Waals surface area contributed by atoms with Gasteiger partial charge < -0.3 is 15.0 Å². The molecule has 4 rings (SSSR count). The zero-order valence-corrected chi connectivity index (χ0v) is 15.1. The van der Waals surface area contributed by atoms with Gasteiger partial charge in [0.25, 0.3) is 0 Å². The molecule has 0 aromatic carbocycles. The molecule has 0 radical (unpaired) electrons. The van der Waals surface area contributed by atoms with Crippen LogP contribution in [0.4, 0.5) is 0 Å². The molecule has 2 unspecified atom stereocenters. The van der Waals surface area contributed by atoms with E-state index in [0.29, 0.717) is 18.4 Å². The van der Waals surface area contributed by atoms with Gasteiger partial charge >= 0.3 is 5.97 Å². The molecule has 0 bridgehead atoms. The Morgan fingerprint density at radius 1 is 1.52 bits per heavy atom. The van der Waals surface area contributed by atoms with E-state index < -0.39 is 0 Å². The van der Waals surface area contributed by atoms with Crippen molar-refractivity contribution in [3.05, 3.63) is 30.4 Å². The summed E-state index contributed by atoms with van der Waals surface area (Å²) in [6.45, 7) is 8.29. The average Bonchev–Trinajstić information content (AvgIpc) is 3.17. The summed E-state index contributed by atoms with van der Waals surface area (Å²) in [5.41, 5.74) is 2.79. The molecule has 2 saturated carbocycles. The fourth-order valence-electron chi connectivity index (χ4n) is 5.39. The molecule has 1 aromatic heterocycles. The molecule has 5 heteroatoms. The lowest BCUT2D eigenvalue weighted by Gasteiger charge is -2.50. The number of imidazole rings is 1. The van der Waals surface area contributed by atoms with E-state index in [4.69, 9.17) is 4.74 Å². The van der Waals surface area contributed by atoms with E-state index >= 15 is 0 Å². The van der Waals surface area contributed by atoms with E-state index in [2.05, 4.69) is 28.8 Å². The first-order valence-corrected chi connectivity index (χ1v) is 9.63. The molecular weight excluding hydrogens is 314 g/mol. The molecular formula is C20H29N3O2. The maximum absolute atomic E-state index is 12.5. The Bertz CT molecular complexity index is 641. The summed E-state index contributed by atoms with van der Waals surface area (Å²) in [6, 6.07) is 0. The third-order valence-electron chi connectivity index (χ3n) is 6.81. The topological polar surface area (TPSA) is 67.0 Å². The van der Waals surface area contributed by atoms with Crippen LogP contribution < -0.4 is 5.32 Å². The van der Waals surface area contributed by atoms with E-state index in [1.54, 1.807) is 6.33 Å². The summed E-state index contributed by atoms with van der Waals surface area (Å²) in [4.78, 5) is 19.6. The molecule has 3 fully saturated rings. The molecule has 2 N–H and O–H groups in total. The third-order valence-corrected chi connectivity index (χ3v) is 6.81.